The Morgan fingerprint density at radius 2 is 1.39 bits per heavy atom. The molecule has 2 heterocycles. The highest BCUT2D eigenvalue weighted by molar-refractivity contribution is 5.88. The van der Waals surface area contributed by atoms with Crippen LogP contribution in [-0.4, -0.2) is 29.4 Å². The fraction of sp³-hybridized carbons (Fsp3) is 0. The van der Waals surface area contributed by atoms with Crippen molar-refractivity contribution in [2.24, 2.45) is 0 Å². The van der Waals surface area contributed by atoms with Crippen LogP contribution in [0.2, 0.25) is 0 Å². The zero-order valence-corrected chi connectivity index (χ0v) is 13.2. The summed E-state index contributed by atoms with van der Waals surface area (Å²) in [5.41, 5.74) is -3.50. The molecule has 0 aliphatic rings. The largest absolute Gasteiger partial charge is 0.331 e. The second-order valence-corrected chi connectivity index (χ2v) is 5.47. The van der Waals surface area contributed by atoms with Gasteiger partial charge >= 0.3 is 11.2 Å². The highest BCUT2D eigenvalue weighted by atomic mass is 16.6. The van der Waals surface area contributed by atoms with E-state index in [9.17, 15) is 40.5 Å². The number of non-ortho nitro benzene ring substituents is 4. The number of hydrogen-bond acceptors (Lipinski definition) is 9. The third-order valence-corrected chi connectivity index (χ3v) is 3.92. The Hall–Kier alpha value is -4.76. The smallest absolute Gasteiger partial charge is 0.263 e. The molecule has 0 radical (unpaired) electrons. The van der Waals surface area contributed by atoms with Crippen molar-refractivity contribution in [3.8, 4) is 0 Å². The molecule has 0 fully saturated rings. The molecule has 28 heavy (non-hydrogen) atoms. The first kappa shape index (κ1) is 16.7. The van der Waals surface area contributed by atoms with Gasteiger partial charge in [0.2, 0.25) is 5.52 Å². The lowest BCUT2D eigenvalue weighted by Gasteiger charge is -1.96. The van der Waals surface area contributed by atoms with Gasteiger partial charge in [0.1, 0.15) is 0 Å². The summed E-state index contributed by atoms with van der Waals surface area (Å²) >= 11 is 0. The molecule has 140 valence electrons. The highest BCUT2D eigenvalue weighted by Gasteiger charge is 2.30. The predicted octanol–water partition coefficient (Wildman–Crippen LogP) is 0.816. The molecule has 0 aliphatic heterocycles. The van der Waals surface area contributed by atoms with Crippen LogP contribution in [0.25, 0.3) is 22.1 Å². The molecule has 16 nitrogen and oxygen atoms in total. The quantitative estimate of drug-likeness (QED) is 0.273. The molecule has 0 saturated heterocycles. The van der Waals surface area contributed by atoms with Gasteiger partial charge in [0.05, 0.1) is 48.9 Å². The lowest BCUT2D eigenvalue weighted by Crippen LogP contribution is -2.30. The van der Waals surface area contributed by atoms with Gasteiger partial charge < -0.3 is 0 Å². The molecule has 16 heteroatoms. The lowest BCUT2D eigenvalue weighted by atomic mass is 10.2. The van der Waals surface area contributed by atoms with Crippen molar-refractivity contribution in [3.63, 3.8) is 0 Å². The number of nitro groups is 4. The van der Waals surface area contributed by atoms with Gasteiger partial charge in [0.15, 0.2) is 0 Å². The van der Waals surface area contributed by atoms with Crippen molar-refractivity contribution >= 4 is 44.8 Å². The van der Waals surface area contributed by atoms with E-state index in [2.05, 4.69) is 10.2 Å². The minimum absolute atomic E-state index is 0.172. The molecule has 0 spiro atoms. The summed E-state index contributed by atoms with van der Waals surface area (Å²) in [4.78, 5) is 41.2. The van der Waals surface area contributed by atoms with Crippen molar-refractivity contribution in [1.82, 2.24) is 14.8 Å². The van der Waals surface area contributed by atoms with Gasteiger partial charge in [-0.15, -0.1) is 4.63 Å². The second-order valence-electron chi connectivity index (χ2n) is 5.47. The molecule has 4 rings (SSSR count). The van der Waals surface area contributed by atoms with Gasteiger partial charge in [-0.2, -0.15) is 4.63 Å². The molecule has 0 atom stereocenters. The summed E-state index contributed by atoms with van der Waals surface area (Å²) in [6.07, 6.45) is 0. The highest BCUT2D eigenvalue weighted by Crippen LogP contribution is 2.31. The number of nitrogens with zero attached hydrogens (tertiary/aromatic N) is 8. The summed E-state index contributed by atoms with van der Waals surface area (Å²) in [7, 11) is 0. The maximum absolute atomic E-state index is 11.3. The second kappa shape index (κ2) is 5.37. The summed E-state index contributed by atoms with van der Waals surface area (Å²) in [6.45, 7) is 0. The van der Waals surface area contributed by atoms with Crippen LogP contribution in [0.5, 0.6) is 0 Å². The van der Waals surface area contributed by atoms with Gasteiger partial charge in [-0.05, 0) is 5.10 Å². The third kappa shape index (κ3) is 2.18. The Balaban J connectivity index is 2.21. The van der Waals surface area contributed by atoms with Crippen molar-refractivity contribution in [1.29, 1.82) is 0 Å². The van der Waals surface area contributed by atoms with Crippen molar-refractivity contribution in [2.75, 3.05) is 0 Å². The zero-order chi connectivity index (χ0) is 20.3. The number of hydrogen-bond donors (Lipinski definition) is 0. The number of benzene rings is 2. The molecule has 4 aromatic rings. The fourth-order valence-electron chi connectivity index (χ4n) is 2.76. The first-order valence-corrected chi connectivity index (χ1v) is 7.16. The Labute approximate surface area is 149 Å². The van der Waals surface area contributed by atoms with Crippen LogP contribution < -0.4 is 9.73 Å². The van der Waals surface area contributed by atoms with E-state index in [1.54, 1.807) is 0 Å². The van der Waals surface area contributed by atoms with Crippen LogP contribution in [0, 0.1) is 40.5 Å². The molecule has 0 aliphatic carbocycles. The van der Waals surface area contributed by atoms with E-state index < -0.39 is 42.4 Å². The first-order chi connectivity index (χ1) is 13.2. The molecule has 0 saturated carbocycles. The topological polar surface area (TPSA) is 208 Å². The van der Waals surface area contributed by atoms with E-state index >= 15 is 0 Å². The summed E-state index contributed by atoms with van der Waals surface area (Å²) < 4.78 is 1.74. The molecular weight excluding hydrogens is 384 g/mol. The van der Waals surface area contributed by atoms with Gasteiger partial charge in [-0.1, -0.05) is 0 Å². The van der Waals surface area contributed by atoms with Gasteiger partial charge in [0, 0.05) is 6.07 Å². The summed E-state index contributed by atoms with van der Waals surface area (Å²) in [6, 6.07) is 3.34. The number of rotatable bonds is 4. The van der Waals surface area contributed by atoms with Crippen molar-refractivity contribution in [2.45, 2.75) is 0 Å². The first-order valence-electron chi connectivity index (χ1n) is 7.16. The average Bonchev–Trinajstić information content (AvgIpc) is 3.15. The Bertz CT molecular complexity index is 1280. The Morgan fingerprint density at radius 1 is 0.821 bits per heavy atom. The van der Waals surface area contributed by atoms with Gasteiger partial charge in [-0.3, -0.25) is 45.6 Å². The van der Waals surface area contributed by atoms with Crippen LogP contribution in [0.3, 0.4) is 0 Å². The number of aromatic nitrogens is 4. The molecule has 0 N–H and O–H groups in total. The van der Waals surface area contributed by atoms with Gasteiger partial charge in [-0.25, -0.2) is 0 Å². The molecule has 0 unspecified atom stereocenters. The van der Waals surface area contributed by atoms with Crippen molar-refractivity contribution < 1.29 is 24.3 Å². The van der Waals surface area contributed by atoms with E-state index in [-0.39, 0.29) is 22.1 Å². The fourth-order valence-corrected chi connectivity index (χ4v) is 2.76. The molecule has 2 aromatic carbocycles. The monoisotopic (exact) mass is 388 g/mol. The molecule has 0 bridgehead atoms. The van der Waals surface area contributed by atoms with Crippen molar-refractivity contribution in [3.05, 3.63) is 64.7 Å². The number of nitro benzene ring substituents is 4. The average molecular weight is 388 g/mol. The molecule has 2 aromatic heterocycles. The van der Waals surface area contributed by atoms with Crippen LogP contribution in [0.4, 0.5) is 22.7 Å². The van der Waals surface area contributed by atoms with Crippen LogP contribution in [-0.2, 0) is 0 Å². The van der Waals surface area contributed by atoms with Crippen LogP contribution in [0.15, 0.2) is 24.3 Å². The third-order valence-electron chi connectivity index (χ3n) is 3.92. The van der Waals surface area contributed by atoms with E-state index in [1.165, 1.54) is 0 Å². The molecule has 0 amide bonds. The van der Waals surface area contributed by atoms with Gasteiger partial charge in [0.25, 0.3) is 17.1 Å². The van der Waals surface area contributed by atoms with E-state index in [0.717, 1.165) is 21.4 Å². The summed E-state index contributed by atoms with van der Waals surface area (Å²) in [5.74, 6) is 0. The molecular formula is C12H4N8O8. The Morgan fingerprint density at radius 3 is 1.96 bits per heavy atom. The van der Waals surface area contributed by atoms with E-state index in [0.29, 0.717) is 12.1 Å². The maximum Gasteiger partial charge on any atom is 0.331 e. The maximum atomic E-state index is 11.3. The predicted molar refractivity (Wildman–Crippen MR) is 85.8 cm³/mol. The normalized spacial score (nSPS) is 11.3. The standard InChI is InChI=1S/C12H4N8O8/c21-17(22)5-1-7-11(9(3-5)19(25)26)13-16-8-2-6(18(23)24)4-10(20(27)28)12(8)14-15(7)16/h1-4H. The zero-order valence-electron chi connectivity index (χ0n) is 13.2. The van der Waals surface area contributed by atoms with Crippen LogP contribution in [0.1, 0.15) is 0 Å². The minimum Gasteiger partial charge on any atom is -0.263 e. The van der Waals surface area contributed by atoms with E-state index in [1.807, 2.05) is 0 Å². The minimum atomic E-state index is -0.880. The lowest BCUT2D eigenvalue weighted by molar-refractivity contribution is -0.654. The number of fused-ring (bicyclic) bond motifs is 5. The van der Waals surface area contributed by atoms with Crippen LogP contribution >= 0.6 is 0 Å². The summed E-state index contributed by atoms with van der Waals surface area (Å²) in [5, 5.41) is 52.5. The Kier molecular flexibility index (Phi) is 3.20. The SMILES string of the molecule is O=[N+]([O-])c1cc([N+](=O)[O-])c2[n-][n+]3c4cc([N+](=O)[O-])cc([N+](=O)[O-])c4nn3c2c1. The van der Waals surface area contributed by atoms with E-state index in [4.69, 9.17) is 0 Å².